The number of benzene rings is 1. The van der Waals surface area contributed by atoms with Crippen molar-refractivity contribution in [3.8, 4) is 11.5 Å². The minimum Gasteiger partial charge on any atom is -0.493 e. The van der Waals surface area contributed by atoms with E-state index in [1.165, 1.54) is 9.75 Å². The highest BCUT2D eigenvalue weighted by atomic mass is 32.1. The van der Waals surface area contributed by atoms with Crippen molar-refractivity contribution in [1.29, 1.82) is 0 Å². The average Bonchev–Trinajstić information content (AvgIpc) is 3.09. The topological polar surface area (TPSA) is 56.3 Å². The van der Waals surface area contributed by atoms with E-state index in [-0.39, 0.29) is 6.04 Å². The zero-order valence-electron chi connectivity index (χ0n) is 15.7. The number of allylic oxidation sites excluding steroid dienone is 1. The van der Waals surface area contributed by atoms with Crippen LogP contribution in [0.2, 0.25) is 0 Å². The number of aryl methyl sites for hydroxylation is 1. The van der Waals surface area contributed by atoms with Crippen molar-refractivity contribution in [1.82, 2.24) is 9.97 Å². The molecular weight excluding hydrogens is 346 g/mol. The van der Waals surface area contributed by atoms with Crippen LogP contribution in [0.3, 0.4) is 0 Å². The summed E-state index contributed by atoms with van der Waals surface area (Å²) in [6.07, 6.45) is 4.16. The van der Waals surface area contributed by atoms with Crippen LogP contribution in [-0.2, 0) is 0 Å². The zero-order chi connectivity index (χ0) is 18.7. The lowest BCUT2D eigenvalue weighted by atomic mass is 10.2. The molecule has 0 unspecified atom stereocenters. The Morgan fingerprint density at radius 3 is 2.54 bits per heavy atom. The highest BCUT2D eigenvalue weighted by Crippen LogP contribution is 2.35. The van der Waals surface area contributed by atoms with Crippen LogP contribution in [0.15, 0.2) is 30.3 Å². The van der Waals surface area contributed by atoms with Gasteiger partial charge in [-0.2, -0.15) is 0 Å². The van der Waals surface area contributed by atoms with Gasteiger partial charge in [0.1, 0.15) is 11.6 Å². The molecule has 1 aromatic carbocycles. The van der Waals surface area contributed by atoms with E-state index in [0.717, 1.165) is 16.7 Å². The number of hydrogen-bond donors (Lipinski definition) is 1. The van der Waals surface area contributed by atoms with Crippen molar-refractivity contribution in [2.75, 3.05) is 19.5 Å². The van der Waals surface area contributed by atoms with E-state index in [0.29, 0.717) is 17.3 Å². The molecule has 3 rings (SSSR count). The summed E-state index contributed by atoms with van der Waals surface area (Å²) in [4.78, 5) is 11.6. The molecule has 6 heteroatoms. The molecule has 0 aliphatic carbocycles. The lowest BCUT2D eigenvalue weighted by Gasteiger charge is -2.16. The van der Waals surface area contributed by atoms with Crippen molar-refractivity contribution in [2.45, 2.75) is 26.8 Å². The number of fused-ring (bicyclic) bond motifs is 1. The molecule has 136 valence electrons. The van der Waals surface area contributed by atoms with Crippen molar-refractivity contribution < 1.29 is 9.47 Å². The first-order valence-electron chi connectivity index (χ1n) is 8.45. The molecule has 0 saturated heterocycles. The fourth-order valence-electron chi connectivity index (χ4n) is 2.81. The van der Waals surface area contributed by atoms with E-state index >= 15 is 0 Å². The number of anilines is 1. The summed E-state index contributed by atoms with van der Waals surface area (Å²) in [5.74, 6) is 2.82. The minimum atomic E-state index is 0.129. The molecule has 0 bridgehead atoms. The van der Waals surface area contributed by atoms with Gasteiger partial charge in [-0.05, 0) is 45.0 Å². The highest BCUT2D eigenvalue weighted by Gasteiger charge is 2.15. The van der Waals surface area contributed by atoms with Crippen molar-refractivity contribution in [3.05, 3.63) is 45.9 Å². The maximum absolute atomic E-state index is 5.44. The van der Waals surface area contributed by atoms with Crippen LogP contribution >= 0.6 is 11.3 Å². The van der Waals surface area contributed by atoms with Gasteiger partial charge in [0.05, 0.1) is 25.8 Å². The number of ether oxygens (including phenoxy) is 2. The lowest BCUT2D eigenvalue weighted by Crippen LogP contribution is -2.08. The molecule has 26 heavy (non-hydrogen) atoms. The Labute approximate surface area is 157 Å². The Bertz CT molecular complexity index is 950. The second-order valence-corrected chi connectivity index (χ2v) is 7.10. The number of aromatic nitrogens is 2. The van der Waals surface area contributed by atoms with E-state index in [4.69, 9.17) is 9.47 Å². The molecule has 1 N–H and O–H groups in total. The summed E-state index contributed by atoms with van der Waals surface area (Å²) >= 11 is 1.77. The fraction of sp³-hybridized carbons (Fsp3) is 0.300. The van der Waals surface area contributed by atoms with E-state index in [2.05, 4.69) is 46.5 Å². The highest BCUT2D eigenvalue weighted by molar-refractivity contribution is 7.13. The van der Waals surface area contributed by atoms with Gasteiger partial charge in [0, 0.05) is 21.2 Å². The van der Waals surface area contributed by atoms with Gasteiger partial charge in [0.25, 0.3) is 0 Å². The summed E-state index contributed by atoms with van der Waals surface area (Å²) in [7, 11) is 3.25. The summed E-state index contributed by atoms with van der Waals surface area (Å²) < 4.78 is 10.8. The van der Waals surface area contributed by atoms with E-state index < -0.39 is 0 Å². The smallest absolute Gasteiger partial charge is 0.162 e. The molecule has 0 radical (unpaired) electrons. The third-order valence-electron chi connectivity index (χ3n) is 4.07. The monoisotopic (exact) mass is 369 g/mol. The van der Waals surface area contributed by atoms with Gasteiger partial charge in [-0.15, -0.1) is 11.3 Å². The van der Waals surface area contributed by atoms with Gasteiger partial charge in [0.15, 0.2) is 11.5 Å². The standard InChI is InChI=1S/C20H23N3O2S/c1-6-7-14-8-9-19(26-14)12(2)21-20-15-10-17(24-4)18(25-5)11-16(15)22-13(3)23-20/h6-12H,1-5H3,(H,21,22,23)/b7-6+/t12-/m0/s1. The van der Waals surface area contributed by atoms with Crippen LogP contribution < -0.4 is 14.8 Å². The second-order valence-electron chi connectivity index (χ2n) is 5.95. The van der Waals surface area contributed by atoms with Crippen LogP contribution in [0.5, 0.6) is 11.5 Å². The minimum absolute atomic E-state index is 0.129. The van der Waals surface area contributed by atoms with E-state index in [1.807, 2.05) is 26.0 Å². The third kappa shape index (κ3) is 3.65. The van der Waals surface area contributed by atoms with Crippen LogP contribution in [0.4, 0.5) is 5.82 Å². The first-order chi connectivity index (χ1) is 12.5. The average molecular weight is 369 g/mol. The molecule has 1 atom stereocenters. The predicted molar refractivity (Wildman–Crippen MR) is 108 cm³/mol. The lowest BCUT2D eigenvalue weighted by molar-refractivity contribution is 0.356. The largest absolute Gasteiger partial charge is 0.493 e. The first-order valence-corrected chi connectivity index (χ1v) is 9.26. The molecule has 0 saturated carbocycles. The summed E-state index contributed by atoms with van der Waals surface area (Å²) in [5.41, 5.74) is 0.825. The van der Waals surface area contributed by atoms with Gasteiger partial charge in [0.2, 0.25) is 0 Å². The van der Waals surface area contributed by atoms with E-state index in [1.54, 1.807) is 25.6 Å². The molecule has 2 heterocycles. The van der Waals surface area contributed by atoms with Gasteiger partial charge < -0.3 is 14.8 Å². The Hall–Kier alpha value is -2.60. The van der Waals surface area contributed by atoms with Gasteiger partial charge in [-0.3, -0.25) is 0 Å². The third-order valence-corrected chi connectivity index (χ3v) is 5.30. The zero-order valence-corrected chi connectivity index (χ0v) is 16.5. The first kappa shape index (κ1) is 18.2. The molecule has 0 aliphatic heterocycles. The normalized spacial score (nSPS) is 12.5. The van der Waals surface area contributed by atoms with Crippen molar-refractivity contribution in [3.63, 3.8) is 0 Å². The van der Waals surface area contributed by atoms with Crippen LogP contribution in [-0.4, -0.2) is 24.2 Å². The summed E-state index contributed by atoms with van der Waals surface area (Å²) in [6.45, 7) is 6.05. The quantitative estimate of drug-likeness (QED) is 0.645. The predicted octanol–water partition coefficient (Wildman–Crippen LogP) is 5.22. The van der Waals surface area contributed by atoms with Crippen LogP contribution in [0.1, 0.15) is 35.5 Å². The summed E-state index contributed by atoms with van der Waals surface area (Å²) in [5, 5.41) is 4.43. The molecular formula is C20H23N3O2S. The Kier molecular flexibility index (Phi) is 5.42. The molecule has 3 aromatic rings. The van der Waals surface area contributed by atoms with Gasteiger partial charge >= 0.3 is 0 Å². The maximum atomic E-state index is 5.44. The van der Waals surface area contributed by atoms with Crippen LogP contribution in [0, 0.1) is 6.92 Å². The molecule has 0 fully saturated rings. The Balaban J connectivity index is 2.00. The van der Waals surface area contributed by atoms with Crippen molar-refractivity contribution >= 4 is 34.1 Å². The van der Waals surface area contributed by atoms with E-state index in [9.17, 15) is 0 Å². The van der Waals surface area contributed by atoms with Crippen LogP contribution in [0.25, 0.3) is 17.0 Å². The number of thiophene rings is 1. The molecule has 2 aromatic heterocycles. The Morgan fingerprint density at radius 1 is 1.12 bits per heavy atom. The number of hydrogen-bond acceptors (Lipinski definition) is 6. The summed E-state index contributed by atoms with van der Waals surface area (Å²) in [6, 6.07) is 8.22. The molecule has 5 nitrogen and oxygen atoms in total. The van der Waals surface area contributed by atoms with Crippen molar-refractivity contribution in [2.24, 2.45) is 0 Å². The number of methoxy groups -OCH3 is 2. The maximum Gasteiger partial charge on any atom is 0.162 e. The van der Waals surface area contributed by atoms with Gasteiger partial charge in [-0.25, -0.2) is 9.97 Å². The molecule has 0 spiro atoms. The second kappa shape index (κ2) is 7.74. The number of rotatable bonds is 6. The van der Waals surface area contributed by atoms with Gasteiger partial charge in [-0.1, -0.05) is 6.08 Å². The fourth-order valence-corrected chi connectivity index (χ4v) is 3.80. The molecule has 0 amide bonds. The number of nitrogens with zero attached hydrogens (tertiary/aromatic N) is 2. The molecule has 0 aliphatic rings. The SMILES string of the molecule is C/C=C/c1ccc([C@H](C)Nc2nc(C)nc3cc(OC)c(OC)cc23)s1. The number of nitrogens with one attached hydrogen (secondary N) is 1. The Morgan fingerprint density at radius 2 is 1.85 bits per heavy atom.